The van der Waals surface area contributed by atoms with Crippen LogP contribution in [0.15, 0.2) is 0 Å². The zero-order valence-corrected chi connectivity index (χ0v) is 9.93. The smallest absolute Gasteiger partial charge is 0.310 e. The van der Waals surface area contributed by atoms with Crippen LogP contribution in [0.5, 0.6) is 0 Å². The van der Waals surface area contributed by atoms with Gasteiger partial charge in [-0.15, -0.1) is 0 Å². The third kappa shape index (κ3) is 8.40. The van der Waals surface area contributed by atoms with Gasteiger partial charge in [0.15, 0.2) is 5.12 Å². The van der Waals surface area contributed by atoms with Crippen molar-refractivity contribution >= 4 is 33.0 Å². The van der Waals surface area contributed by atoms with E-state index in [9.17, 15) is 18.0 Å². The van der Waals surface area contributed by atoms with Crippen LogP contribution >= 0.6 is 11.8 Å². The maximum absolute atomic E-state index is 11.1. The lowest BCUT2D eigenvalue weighted by atomic mass is 10.2. The number of carbonyl (C=O) groups excluding carboxylic acids is 2. The molecule has 1 N–H and O–H groups in total. The lowest BCUT2D eigenvalue weighted by Gasteiger charge is -2.08. The summed E-state index contributed by atoms with van der Waals surface area (Å²) in [5.41, 5.74) is 0. The van der Waals surface area contributed by atoms with Crippen molar-refractivity contribution in [2.45, 2.75) is 13.8 Å². The van der Waals surface area contributed by atoms with Gasteiger partial charge in [-0.3, -0.25) is 14.1 Å². The summed E-state index contributed by atoms with van der Waals surface area (Å²) in [4.78, 5) is 21.6. The molecule has 15 heavy (non-hydrogen) atoms. The summed E-state index contributed by atoms with van der Waals surface area (Å²) in [6.07, 6.45) is 0. The van der Waals surface area contributed by atoms with E-state index in [2.05, 4.69) is 4.74 Å². The van der Waals surface area contributed by atoms with Crippen molar-refractivity contribution in [3.8, 4) is 0 Å². The first-order valence-electron chi connectivity index (χ1n) is 3.97. The molecule has 0 aromatic rings. The number of thioether (sulfide) groups is 1. The molecule has 6 nitrogen and oxygen atoms in total. The van der Waals surface area contributed by atoms with Crippen LogP contribution in [0.2, 0.25) is 0 Å². The molecule has 0 saturated heterocycles. The van der Waals surface area contributed by atoms with E-state index in [-0.39, 0.29) is 10.9 Å². The molecule has 0 rings (SSSR count). The normalized spacial score (nSPS) is 13.3. The van der Waals surface area contributed by atoms with E-state index in [0.29, 0.717) is 0 Å². The van der Waals surface area contributed by atoms with Crippen LogP contribution < -0.4 is 0 Å². The van der Waals surface area contributed by atoms with E-state index in [1.807, 2.05) is 0 Å². The molecule has 0 amide bonds. The van der Waals surface area contributed by atoms with Gasteiger partial charge in [0.2, 0.25) is 5.94 Å². The summed E-state index contributed by atoms with van der Waals surface area (Å²) in [5.74, 6) is -2.19. The van der Waals surface area contributed by atoms with Crippen molar-refractivity contribution in [2.24, 2.45) is 5.92 Å². The SMILES string of the molecule is CC(=O)SCC(C)C(=O)OCS(=O)(=O)O. The summed E-state index contributed by atoms with van der Waals surface area (Å²) < 4.78 is 33.1. The van der Waals surface area contributed by atoms with Gasteiger partial charge in [-0.25, -0.2) is 0 Å². The maximum Gasteiger partial charge on any atom is 0.310 e. The Bertz CT molecular complexity index is 333. The van der Waals surface area contributed by atoms with E-state index in [1.54, 1.807) is 0 Å². The van der Waals surface area contributed by atoms with Crippen molar-refractivity contribution in [1.82, 2.24) is 0 Å². The Morgan fingerprint density at radius 3 is 2.40 bits per heavy atom. The van der Waals surface area contributed by atoms with Crippen LogP contribution in [0.1, 0.15) is 13.8 Å². The summed E-state index contributed by atoms with van der Waals surface area (Å²) in [5, 5.41) is -0.135. The van der Waals surface area contributed by atoms with Crippen LogP contribution in [0.25, 0.3) is 0 Å². The second-order valence-electron chi connectivity index (χ2n) is 2.87. The van der Waals surface area contributed by atoms with Gasteiger partial charge in [-0.2, -0.15) is 8.42 Å². The molecule has 1 atom stereocenters. The minimum atomic E-state index is -4.30. The molecular formula is C7H12O6S2. The number of hydrogen-bond acceptors (Lipinski definition) is 6. The van der Waals surface area contributed by atoms with Crippen LogP contribution in [-0.2, 0) is 24.4 Å². The standard InChI is InChI=1S/C7H12O6S2/c1-5(3-14-6(2)8)7(9)13-4-15(10,11)12/h5H,3-4H2,1-2H3,(H,10,11,12). The van der Waals surface area contributed by atoms with Crippen molar-refractivity contribution < 1.29 is 27.3 Å². The van der Waals surface area contributed by atoms with E-state index < -0.39 is 27.9 Å². The van der Waals surface area contributed by atoms with Gasteiger partial charge in [0.25, 0.3) is 0 Å². The third-order valence-corrected chi connectivity index (χ3v) is 2.78. The quantitative estimate of drug-likeness (QED) is 0.557. The van der Waals surface area contributed by atoms with Gasteiger partial charge in [0, 0.05) is 12.7 Å². The maximum atomic E-state index is 11.1. The van der Waals surface area contributed by atoms with Gasteiger partial charge in [-0.1, -0.05) is 18.7 Å². The van der Waals surface area contributed by atoms with Gasteiger partial charge in [0.1, 0.15) is 0 Å². The highest BCUT2D eigenvalue weighted by Gasteiger charge is 2.17. The van der Waals surface area contributed by atoms with Crippen LogP contribution in [0.3, 0.4) is 0 Å². The molecule has 0 aromatic heterocycles. The molecule has 0 spiro atoms. The Hall–Kier alpha value is -0.600. The topological polar surface area (TPSA) is 97.7 Å². The van der Waals surface area contributed by atoms with Crippen molar-refractivity contribution in [3.63, 3.8) is 0 Å². The van der Waals surface area contributed by atoms with E-state index >= 15 is 0 Å². The second kappa shape index (κ2) is 6.09. The number of rotatable bonds is 5. The predicted octanol–water partition coefficient (Wildman–Crippen LogP) is 0.291. The fourth-order valence-corrected chi connectivity index (χ4v) is 1.47. The first-order valence-corrected chi connectivity index (χ1v) is 6.57. The highest BCUT2D eigenvalue weighted by molar-refractivity contribution is 8.13. The van der Waals surface area contributed by atoms with Gasteiger partial charge in [-0.05, 0) is 0 Å². The number of esters is 1. The second-order valence-corrected chi connectivity index (χ2v) is 5.46. The molecule has 88 valence electrons. The highest BCUT2D eigenvalue weighted by Crippen LogP contribution is 2.10. The lowest BCUT2D eigenvalue weighted by Crippen LogP contribution is -2.21. The monoisotopic (exact) mass is 256 g/mol. The van der Waals surface area contributed by atoms with Crippen LogP contribution in [0, 0.1) is 5.92 Å². The minimum absolute atomic E-state index is 0.135. The molecule has 0 heterocycles. The summed E-state index contributed by atoms with van der Waals surface area (Å²) >= 11 is 0.949. The van der Waals surface area contributed by atoms with Crippen molar-refractivity contribution in [2.75, 3.05) is 11.7 Å². The van der Waals surface area contributed by atoms with Gasteiger partial charge in [0.05, 0.1) is 5.92 Å². The zero-order valence-electron chi connectivity index (χ0n) is 8.30. The average molecular weight is 256 g/mol. The Labute approximate surface area is 92.1 Å². The summed E-state index contributed by atoms with van der Waals surface area (Å²) in [6.45, 7) is 2.86. The molecule has 0 aliphatic carbocycles. The molecule has 0 saturated carbocycles. The lowest BCUT2D eigenvalue weighted by molar-refractivity contribution is -0.145. The molecule has 0 bridgehead atoms. The van der Waals surface area contributed by atoms with E-state index in [4.69, 9.17) is 4.55 Å². The summed E-state index contributed by atoms with van der Waals surface area (Å²) in [6, 6.07) is 0. The fourth-order valence-electron chi connectivity index (χ4n) is 0.585. The first-order chi connectivity index (χ1) is 6.72. The van der Waals surface area contributed by atoms with Crippen LogP contribution in [-0.4, -0.2) is 35.7 Å². The van der Waals surface area contributed by atoms with Crippen LogP contribution in [0.4, 0.5) is 0 Å². The molecule has 0 fully saturated rings. The number of carbonyl (C=O) groups is 2. The third-order valence-electron chi connectivity index (χ3n) is 1.29. The van der Waals surface area contributed by atoms with E-state index in [1.165, 1.54) is 13.8 Å². The van der Waals surface area contributed by atoms with Crippen molar-refractivity contribution in [3.05, 3.63) is 0 Å². The molecule has 1 unspecified atom stereocenters. The molecular weight excluding hydrogens is 244 g/mol. The number of ether oxygens (including phenoxy) is 1. The Morgan fingerprint density at radius 2 is 2.00 bits per heavy atom. The minimum Gasteiger partial charge on any atom is -0.446 e. The predicted molar refractivity (Wildman–Crippen MR) is 54.8 cm³/mol. The van der Waals surface area contributed by atoms with E-state index in [0.717, 1.165) is 11.8 Å². The largest absolute Gasteiger partial charge is 0.446 e. The van der Waals surface area contributed by atoms with Gasteiger partial charge < -0.3 is 4.74 Å². The molecule has 0 aliphatic heterocycles. The Morgan fingerprint density at radius 1 is 1.47 bits per heavy atom. The molecule has 0 radical (unpaired) electrons. The molecule has 0 aromatic carbocycles. The number of hydrogen-bond donors (Lipinski definition) is 1. The molecule has 8 heteroatoms. The Kier molecular flexibility index (Phi) is 5.84. The first kappa shape index (κ1) is 14.4. The highest BCUT2D eigenvalue weighted by atomic mass is 32.2. The zero-order chi connectivity index (χ0) is 12.1. The Balaban J connectivity index is 3.95. The van der Waals surface area contributed by atoms with Gasteiger partial charge >= 0.3 is 16.1 Å². The van der Waals surface area contributed by atoms with Crippen molar-refractivity contribution in [1.29, 1.82) is 0 Å². The summed E-state index contributed by atoms with van der Waals surface area (Å²) in [7, 11) is -4.30. The molecule has 0 aliphatic rings. The fraction of sp³-hybridized carbons (Fsp3) is 0.714. The average Bonchev–Trinajstić information content (AvgIpc) is 2.08.